The van der Waals surface area contributed by atoms with Crippen molar-refractivity contribution in [3.05, 3.63) is 0 Å². The number of rotatable bonds is 0. The fourth-order valence-corrected chi connectivity index (χ4v) is 2.79. The van der Waals surface area contributed by atoms with Gasteiger partial charge in [0.1, 0.15) is 5.60 Å². The van der Waals surface area contributed by atoms with Gasteiger partial charge in [-0.1, -0.05) is 0 Å². The van der Waals surface area contributed by atoms with Gasteiger partial charge >= 0.3 is 0 Å². The average Bonchev–Trinajstić information content (AvgIpc) is 2.58. The van der Waals surface area contributed by atoms with E-state index in [4.69, 9.17) is 9.47 Å². The first-order valence-electron chi connectivity index (χ1n) is 4.34. The van der Waals surface area contributed by atoms with Crippen LogP contribution in [0.1, 0.15) is 12.8 Å². The second-order valence-electron chi connectivity index (χ2n) is 4.10. The van der Waals surface area contributed by atoms with Gasteiger partial charge in [-0.2, -0.15) is 0 Å². The van der Waals surface area contributed by atoms with Gasteiger partial charge in [0.2, 0.25) is 0 Å². The highest BCUT2D eigenvalue weighted by atomic mass is 16.7. The van der Waals surface area contributed by atoms with E-state index in [-0.39, 0.29) is 18.6 Å². The van der Waals surface area contributed by atoms with E-state index in [0.29, 0.717) is 13.0 Å². The Kier molecular flexibility index (Phi) is 1.12. The topological polar surface area (TPSA) is 58.9 Å². The second-order valence-corrected chi connectivity index (χ2v) is 4.10. The standard InChI is InChI=1S/C8H12O4/c9-7-3-11-5-1-2-8(10,6(5)7)12-4-7/h5-6,9-10H,1-4H2/t5?,6?,7-,8+/m0/s1. The van der Waals surface area contributed by atoms with E-state index in [0.717, 1.165) is 6.42 Å². The Morgan fingerprint density at radius 1 is 1.25 bits per heavy atom. The lowest BCUT2D eigenvalue weighted by Crippen LogP contribution is -2.42. The molecular weight excluding hydrogens is 160 g/mol. The molecule has 0 aromatic heterocycles. The number of hydrogen-bond donors (Lipinski definition) is 2. The van der Waals surface area contributed by atoms with E-state index in [9.17, 15) is 10.2 Å². The summed E-state index contributed by atoms with van der Waals surface area (Å²) in [5.74, 6) is -1.32. The van der Waals surface area contributed by atoms with Crippen LogP contribution < -0.4 is 0 Å². The van der Waals surface area contributed by atoms with Crippen molar-refractivity contribution < 1.29 is 19.7 Å². The molecule has 4 heteroatoms. The third-order valence-electron chi connectivity index (χ3n) is 3.34. The maximum Gasteiger partial charge on any atom is 0.173 e. The molecule has 0 bridgehead atoms. The highest BCUT2D eigenvalue weighted by Gasteiger charge is 2.67. The Morgan fingerprint density at radius 3 is 2.92 bits per heavy atom. The normalized spacial score (nSPS) is 62.5. The van der Waals surface area contributed by atoms with Gasteiger partial charge in [-0.3, -0.25) is 0 Å². The Hall–Kier alpha value is -0.160. The molecule has 0 aromatic carbocycles. The Balaban J connectivity index is 2.05. The van der Waals surface area contributed by atoms with Crippen molar-refractivity contribution in [1.82, 2.24) is 0 Å². The van der Waals surface area contributed by atoms with Crippen LogP contribution in [0.5, 0.6) is 0 Å². The molecule has 0 spiro atoms. The molecule has 3 fully saturated rings. The molecule has 2 heterocycles. The Bertz CT molecular complexity index is 209. The molecule has 3 rings (SSSR count). The minimum Gasteiger partial charge on any atom is -0.384 e. The molecule has 2 unspecified atom stereocenters. The molecule has 12 heavy (non-hydrogen) atoms. The van der Waals surface area contributed by atoms with Gasteiger partial charge in [0, 0.05) is 6.42 Å². The predicted molar refractivity (Wildman–Crippen MR) is 38.3 cm³/mol. The maximum atomic E-state index is 9.97. The lowest BCUT2D eigenvalue weighted by atomic mass is 9.88. The van der Waals surface area contributed by atoms with Crippen molar-refractivity contribution in [2.45, 2.75) is 30.3 Å². The molecule has 68 valence electrons. The van der Waals surface area contributed by atoms with Crippen LogP contribution in [-0.2, 0) is 9.47 Å². The van der Waals surface area contributed by atoms with Gasteiger partial charge in [-0.05, 0) is 6.42 Å². The van der Waals surface area contributed by atoms with E-state index in [1.807, 2.05) is 0 Å². The Morgan fingerprint density at radius 2 is 2.08 bits per heavy atom. The van der Waals surface area contributed by atoms with E-state index in [1.54, 1.807) is 0 Å². The summed E-state index contributed by atoms with van der Waals surface area (Å²) in [6.45, 7) is 0.523. The smallest absolute Gasteiger partial charge is 0.173 e. The van der Waals surface area contributed by atoms with Gasteiger partial charge in [-0.25, -0.2) is 0 Å². The second kappa shape index (κ2) is 1.85. The van der Waals surface area contributed by atoms with E-state index in [2.05, 4.69) is 0 Å². The first-order chi connectivity index (χ1) is 5.64. The van der Waals surface area contributed by atoms with Crippen LogP contribution >= 0.6 is 0 Å². The van der Waals surface area contributed by atoms with Crippen LogP contribution in [0.4, 0.5) is 0 Å². The lowest BCUT2D eigenvalue weighted by Gasteiger charge is -2.23. The molecule has 2 saturated heterocycles. The third kappa shape index (κ3) is 0.633. The summed E-state index contributed by atoms with van der Waals surface area (Å²) in [5.41, 5.74) is -0.921. The van der Waals surface area contributed by atoms with Gasteiger partial charge in [-0.15, -0.1) is 0 Å². The van der Waals surface area contributed by atoms with Crippen LogP contribution in [0.3, 0.4) is 0 Å². The first-order valence-corrected chi connectivity index (χ1v) is 4.34. The third-order valence-corrected chi connectivity index (χ3v) is 3.34. The lowest BCUT2D eigenvalue weighted by molar-refractivity contribution is -0.187. The van der Waals surface area contributed by atoms with E-state index in [1.165, 1.54) is 0 Å². The zero-order valence-corrected chi connectivity index (χ0v) is 6.69. The number of hydrogen-bond acceptors (Lipinski definition) is 4. The van der Waals surface area contributed by atoms with Crippen LogP contribution in [-0.4, -0.2) is 40.9 Å². The highest BCUT2D eigenvalue weighted by Crippen LogP contribution is 2.53. The van der Waals surface area contributed by atoms with Crippen molar-refractivity contribution in [1.29, 1.82) is 0 Å². The SMILES string of the molecule is O[C@@]12COC3CC[C@@](O)(OC1)C32. The molecule has 1 saturated carbocycles. The molecule has 4 atom stereocenters. The largest absolute Gasteiger partial charge is 0.384 e. The van der Waals surface area contributed by atoms with Gasteiger partial charge < -0.3 is 19.7 Å². The summed E-state index contributed by atoms with van der Waals surface area (Å²) in [4.78, 5) is 0. The summed E-state index contributed by atoms with van der Waals surface area (Å²) in [6.07, 6.45) is 1.39. The van der Waals surface area contributed by atoms with E-state index < -0.39 is 11.4 Å². The summed E-state index contributed by atoms with van der Waals surface area (Å²) >= 11 is 0. The summed E-state index contributed by atoms with van der Waals surface area (Å²) < 4.78 is 10.6. The predicted octanol–water partition coefficient (Wildman–Crippen LogP) is -0.755. The van der Waals surface area contributed by atoms with Crippen LogP contribution in [0.15, 0.2) is 0 Å². The zero-order valence-electron chi connectivity index (χ0n) is 6.69. The molecule has 1 aliphatic carbocycles. The highest BCUT2D eigenvalue weighted by molar-refractivity contribution is 5.11. The molecule has 0 amide bonds. The molecule has 4 nitrogen and oxygen atoms in total. The van der Waals surface area contributed by atoms with Crippen LogP contribution in [0.25, 0.3) is 0 Å². The van der Waals surface area contributed by atoms with Crippen molar-refractivity contribution in [3.8, 4) is 0 Å². The van der Waals surface area contributed by atoms with Crippen molar-refractivity contribution >= 4 is 0 Å². The number of ether oxygens (including phenoxy) is 2. The summed E-state index contributed by atoms with van der Waals surface area (Å²) in [7, 11) is 0. The Labute approximate surface area is 70.1 Å². The van der Waals surface area contributed by atoms with Crippen LogP contribution in [0, 0.1) is 5.92 Å². The van der Waals surface area contributed by atoms with Gasteiger partial charge in [0.15, 0.2) is 5.79 Å². The molecule has 3 aliphatic rings. The molecule has 2 aliphatic heterocycles. The molecule has 0 radical (unpaired) electrons. The fraction of sp³-hybridized carbons (Fsp3) is 1.00. The average molecular weight is 172 g/mol. The summed E-state index contributed by atoms with van der Waals surface area (Å²) in [5, 5.41) is 19.9. The molecule has 2 N–H and O–H groups in total. The van der Waals surface area contributed by atoms with Crippen LogP contribution in [0.2, 0.25) is 0 Å². The van der Waals surface area contributed by atoms with Crippen molar-refractivity contribution in [2.24, 2.45) is 5.92 Å². The fourth-order valence-electron chi connectivity index (χ4n) is 2.79. The minimum atomic E-state index is -1.10. The maximum absolute atomic E-state index is 9.97. The molecular formula is C8H12O4. The zero-order chi connectivity index (χ0) is 8.40. The van der Waals surface area contributed by atoms with Gasteiger partial charge in [0.05, 0.1) is 25.2 Å². The summed E-state index contributed by atoms with van der Waals surface area (Å²) in [6, 6.07) is 0. The quantitative estimate of drug-likeness (QED) is 0.504. The minimum absolute atomic E-state index is 0.00231. The van der Waals surface area contributed by atoms with Crippen molar-refractivity contribution in [3.63, 3.8) is 0 Å². The van der Waals surface area contributed by atoms with E-state index >= 15 is 0 Å². The molecule has 0 aromatic rings. The van der Waals surface area contributed by atoms with Gasteiger partial charge in [0.25, 0.3) is 0 Å². The first kappa shape index (κ1) is 7.26. The van der Waals surface area contributed by atoms with Crippen molar-refractivity contribution in [2.75, 3.05) is 13.2 Å². The monoisotopic (exact) mass is 172 g/mol. The number of aliphatic hydroxyl groups is 2.